The molecule has 0 N–H and O–H groups in total. The van der Waals surface area contributed by atoms with Gasteiger partial charge in [0.15, 0.2) is 10.9 Å². The van der Waals surface area contributed by atoms with Crippen LogP contribution in [-0.4, -0.2) is 16.6 Å². The van der Waals surface area contributed by atoms with Gasteiger partial charge >= 0.3 is 0 Å². The van der Waals surface area contributed by atoms with Crippen LogP contribution in [0.15, 0.2) is 36.4 Å². The summed E-state index contributed by atoms with van der Waals surface area (Å²) in [5, 5.41) is 8.47. The van der Waals surface area contributed by atoms with Crippen molar-refractivity contribution in [2.24, 2.45) is 0 Å². The van der Waals surface area contributed by atoms with Crippen LogP contribution >= 0.6 is 23.8 Å². The lowest BCUT2D eigenvalue weighted by molar-refractivity contribution is -0.120. The lowest BCUT2D eigenvalue weighted by Crippen LogP contribution is -2.44. The zero-order valence-corrected chi connectivity index (χ0v) is 18.0. The Morgan fingerprint density at radius 3 is 2.53 bits per heavy atom. The second kappa shape index (κ2) is 8.39. The molecule has 0 aliphatic carbocycles. The van der Waals surface area contributed by atoms with E-state index in [0.29, 0.717) is 12.1 Å². The molecule has 30 heavy (non-hydrogen) atoms. The van der Waals surface area contributed by atoms with Crippen LogP contribution < -0.4 is 9.80 Å². The van der Waals surface area contributed by atoms with Gasteiger partial charge in [-0.25, -0.2) is 9.24 Å². The number of nitriles is 1. The lowest BCUT2D eigenvalue weighted by Gasteiger charge is -2.29. The molecule has 1 heterocycles. The number of halogens is 2. The van der Waals surface area contributed by atoms with Crippen molar-refractivity contribution in [1.82, 2.24) is 0 Å². The minimum absolute atomic E-state index is 0.0291. The number of carbonyl (C=O) groups excluding carboxylic acids is 1. The summed E-state index contributed by atoms with van der Waals surface area (Å²) in [6.07, 6.45) is 2.05. The third-order valence-electron chi connectivity index (χ3n) is 5.02. The van der Waals surface area contributed by atoms with Crippen molar-refractivity contribution in [3.05, 3.63) is 64.2 Å². The first kappa shape index (κ1) is 21.7. The Balaban J connectivity index is 1.97. The van der Waals surface area contributed by atoms with Crippen molar-refractivity contribution >= 4 is 51.9 Å². The highest BCUT2D eigenvalue weighted by atomic mass is 35.5. The smallest absolute Gasteiger partial charge is 0.259 e. The molecule has 0 spiro atoms. The summed E-state index contributed by atoms with van der Waals surface area (Å²) in [5.41, 5.74) is 0.628. The van der Waals surface area contributed by atoms with E-state index in [1.54, 1.807) is 18.7 Å². The normalized spacial score (nSPS) is 15.3. The number of carbonyl (C=O) groups is 1. The molecule has 1 aliphatic heterocycles. The molecule has 1 saturated heterocycles. The molecule has 2 aromatic carbocycles. The first-order chi connectivity index (χ1) is 14.2. The van der Waals surface area contributed by atoms with Crippen LogP contribution in [0.25, 0.3) is 4.85 Å². The third-order valence-corrected chi connectivity index (χ3v) is 5.74. The number of hydrogen-bond donors (Lipinski definition) is 0. The molecule has 2 aromatic rings. The molecule has 1 amide bonds. The van der Waals surface area contributed by atoms with Gasteiger partial charge in [-0.2, -0.15) is 5.26 Å². The number of aryl methyl sites for hydroxylation is 1. The largest absolute Gasteiger partial charge is 0.304 e. The summed E-state index contributed by atoms with van der Waals surface area (Å²) < 4.78 is 14.9. The van der Waals surface area contributed by atoms with Gasteiger partial charge in [0, 0.05) is 12.1 Å². The number of rotatable bonds is 5. The van der Waals surface area contributed by atoms with Crippen molar-refractivity contribution in [2.75, 3.05) is 9.80 Å². The molecular formula is C22H18ClFN4OS. The highest BCUT2D eigenvalue weighted by Gasteiger charge is 2.51. The molecule has 0 radical (unpaired) electrons. The lowest BCUT2D eigenvalue weighted by atomic mass is 10.0. The van der Waals surface area contributed by atoms with E-state index in [-0.39, 0.29) is 21.5 Å². The molecule has 0 saturated carbocycles. The van der Waals surface area contributed by atoms with Gasteiger partial charge in [-0.1, -0.05) is 29.8 Å². The molecule has 1 aliphatic rings. The number of hydrogen-bond acceptors (Lipinski definition) is 3. The first-order valence-electron chi connectivity index (χ1n) is 9.24. The maximum Gasteiger partial charge on any atom is 0.259 e. The van der Waals surface area contributed by atoms with E-state index in [9.17, 15) is 9.18 Å². The molecular weight excluding hydrogens is 423 g/mol. The Morgan fingerprint density at radius 2 is 1.93 bits per heavy atom. The van der Waals surface area contributed by atoms with E-state index < -0.39 is 17.3 Å². The molecule has 1 fully saturated rings. The van der Waals surface area contributed by atoms with Crippen LogP contribution in [0.2, 0.25) is 5.02 Å². The van der Waals surface area contributed by atoms with E-state index in [4.69, 9.17) is 35.7 Å². The number of nitrogens with zero attached hydrogens (tertiary/aromatic N) is 4. The second-order valence-electron chi connectivity index (χ2n) is 7.34. The Kier molecular flexibility index (Phi) is 6.07. The van der Waals surface area contributed by atoms with Crippen LogP contribution in [0.3, 0.4) is 0 Å². The molecule has 0 unspecified atom stereocenters. The number of benzene rings is 2. The SMILES string of the molecule is [C-]#[N+]c1ccc(N2C(=O)C(C)(C)N(c3ccc(CCCC#N)cc3)C2=S)c(F)c1Cl. The maximum absolute atomic E-state index is 14.9. The quantitative estimate of drug-likeness (QED) is 0.335. The van der Waals surface area contributed by atoms with Gasteiger partial charge in [0.2, 0.25) is 5.69 Å². The summed E-state index contributed by atoms with van der Waals surface area (Å²) in [4.78, 5) is 19.2. The van der Waals surface area contributed by atoms with Crippen molar-refractivity contribution in [3.8, 4) is 6.07 Å². The number of thiocarbonyl (C=S) groups is 1. The van der Waals surface area contributed by atoms with Gasteiger partial charge in [0.05, 0.1) is 23.4 Å². The molecule has 0 aromatic heterocycles. The van der Waals surface area contributed by atoms with E-state index >= 15 is 0 Å². The molecule has 0 atom stereocenters. The fourth-order valence-electron chi connectivity index (χ4n) is 3.41. The molecule has 8 heteroatoms. The van der Waals surface area contributed by atoms with E-state index in [0.717, 1.165) is 23.3 Å². The van der Waals surface area contributed by atoms with Gasteiger partial charge in [-0.3, -0.25) is 9.69 Å². The third kappa shape index (κ3) is 3.63. The van der Waals surface area contributed by atoms with Crippen LogP contribution in [-0.2, 0) is 11.2 Å². The fourth-order valence-corrected chi connectivity index (χ4v) is 4.13. The van der Waals surface area contributed by atoms with Gasteiger partial charge in [0.1, 0.15) is 5.54 Å². The average Bonchev–Trinajstić information content (AvgIpc) is 2.89. The highest BCUT2D eigenvalue weighted by molar-refractivity contribution is 7.81. The number of unbranched alkanes of at least 4 members (excludes halogenated alkanes) is 1. The van der Waals surface area contributed by atoms with Crippen molar-refractivity contribution in [3.63, 3.8) is 0 Å². The zero-order chi connectivity index (χ0) is 22.1. The maximum atomic E-state index is 14.9. The summed E-state index contributed by atoms with van der Waals surface area (Å²) in [7, 11) is 0. The highest BCUT2D eigenvalue weighted by Crippen LogP contribution is 2.40. The first-order valence-corrected chi connectivity index (χ1v) is 10.0. The number of amides is 1. The topological polar surface area (TPSA) is 51.7 Å². The van der Waals surface area contributed by atoms with Crippen LogP contribution in [0, 0.1) is 23.7 Å². The molecule has 152 valence electrons. The van der Waals surface area contributed by atoms with Crippen LogP contribution in [0.4, 0.5) is 21.5 Å². The summed E-state index contributed by atoms with van der Waals surface area (Å²) >= 11 is 11.5. The van der Waals surface area contributed by atoms with Crippen LogP contribution in [0.5, 0.6) is 0 Å². The van der Waals surface area contributed by atoms with Gasteiger partial charge in [-0.15, -0.1) is 0 Å². The summed E-state index contributed by atoms with van der Waals surface area (Å²) in [6.45, 7) is 10.5. The van der Waals surface area contributed by atoms with Crippen LogP contribution in [0.1, 0.15) is 32.3 Å². The Hall–Kier alpha value is -3.00. The minimum atomic E-state index is -1.04. The second-order valence-corrected chi connectivity index (χ2v) is 8.08. The molecule has 0 bridgehead atoms. The van der Waals surface area contributed by atoms with Gasteiger partial charge < -0.3 is 4.90 Å². The summed E-state index contributed by atoms with van der Waals surface area (Å²) in [6, 6.07) is 12.4. The number of anilines is 2. The fraction of sp³-hybridized carbons (Fsp3) is 0.273. The Morgan fingerprint density at radius 1 is 1.27 bits per heavy atom. The predicted octanol–water partition coefficient (Wildman–Crippen LogP) is 5.79. The molecule has 5 nitrogen and oxygen atoms in total. The van der Waals surface area contributed by atoms with Crippen molar-refractivity contribution in [1.29, 1.82) is 5.26 Å². The molecule has 3 rings (SSSR count). The Labute approximate surface area is 185 Å². The van der Waals surface area contributed by atoms with Crippen molar-refractivity contribution in [2.45, 2.75) is 38.6 Å². The zero-order valence-electron chi connectivity index (χ0n) is 16.4. The minimum Gasteiger partial charge on any atom is -0.304 e. The standard InChI is InChI=1S/C22H18ClFN4OS/c1-22(2)20(29)27(17-12-11-16(26-3)18(23)19(17)24)21(30)28(22)15-9-7-14(8-10-15)6-4-5-13-25/h7-12H,4-6H2,1-2H3. The predicted molar refractivity (Wildman–Crippen MR) is 119 cm³/mol. The van der Waals surface area contributed by atoms with E-state index in [1.165, 1.54) is 12.1 Å². The van der Waals surface area contributed by atoms with Gasteiger partial charge in [-0.05, 0) is 62.7 Å². The van der Waals surface area contributed by atoms with Crippen molar-refractivity contribution < 1.29 is 9.18 Å². The van der Waals surface area contributed by atoms with E-state index in [2.05, 4.69) is 10.9 Å². The summed E-state index contributed by atoms with van der Waals surface area (Å²) in [5.74, 6) is -1.25. The average molecular weight is 441 g/mol. The van der Waals surface area contributed by atoms with E-state index in [1.807, 2.05) is 24.3 Å². The monoisotopic (exact) mass is 440 g/mol. The Bertz CT molecular complexity index is 1100. The van der Waals surface area contributed by atoms with Gasteiger partial charge in [0.25, 0.3) is 5.91 Å².